The van der Waals surface area contributed by atoms with E-state index in [4.69, 9.17) is 9.84 Å². The van der Waals surface area contributed by atoms with Gasteiger partial charge in [0.15, 0.2) is 0 Å². The molecule has 20 heavy (non-hydrogen) atoms. The Morgan fingerprint density at radius 3 is 2.35 bits per heavy atom. The Hall–Kier alpha value is -1.55. The first-order chi connectivity index (χ1) is 9.58. The molecule has 1 N–H and O–H groups in total. The first kappa shape index (κ1) is 16.5. The van der Waals surface area contributed by atoms with Gasteiger partial charge in [-0.2, -0.15) is 0 Å². The van der Waals surface area contributed by atoms with Crippen LogP contribution in [0.5, 0.6) is 5.75 Å². The van der Waals surface area contributed by atoms with Gasteiger partial charge in [-0.25, -0.2) is 4.79 Å². The number of hydrogen-bond donors (Lipinski definition) is 1. The smallest absolute Gasteiger partial charge is 0.335 e. The molecule has 0 radical (unpaired) electrons. The van der Waals surface area contributed by atoms with Crippen LogP contribution >= 0.6 is 0 Å². The molecule has 1 aromatic carbocycles. The number of nitrogens with zero attached hydrogens (tertiary/aromatic N) is 1. The fraction of sp³-hybridized carbons (Fsp3) is 0.562. The van der Waals surface area contributed by atoms with Gasteiger partial charge >= 0.3 is 5.97 Å². The molecule has 0 heterocycles. The van der Waals surface area contributed by atoms with Gasteiger partial charge in [-0.05, 0) is 50.6 Å². The van der Waals surface area contributed by atoms with E-state index < -0.39 is 5.97 Å². The molecule has 4 nitrogen and oxygen atoms in total. The average Bonchev–Trinajstić information content (AvgIpc) is 2.45. The molecule has 0 amide bonds. The average molecular weight is 279 g/mol. The lowest BCUT2D eigenvalue weighted by molar-refractivity contribution is 0.0697. The molecule has 0 bridgehead atoms. The predicted octanol–water partition coefficient (Wildman–Crippen LogP) is 3.27. The van der Waals surface area contributed by atoms with Gasteiger partial charge in [-0.3, -0.25) is 0 Å². The van der Waals surface area contributed by atoms with Crippen LogP contribution < -0.4 is 4.74 Å². The lowest BCUT2D eigenvalue weighted by atomic mass is 10.1. The maximum Gasteiger partial charge on any atom is 0.335 e. The zero-order chi connectivity index (χ0) is 15.0. The van der Waals surface area contributed by atoms with Crippen molar-refractivity contribution in [2.75, 3.05) is 20.2 Å². The molecule has 0 atom stereocenters. The number of benzene rings is 1. The van der Waals surface area contributed by atoms with Gasteiger partial charge in [0.1, 0.15) is 5.75 Å². The van der Waals surface area contributed by atoms with Crippen molar-refractivity contribution in [1.29, 1.82) is 0 Å². The summed E-state index contributed by atoms with van der Waals surface area (Å²) in [5, 5.41) is 8.80. The van der Waals surface area contributed by atoms with E-state index in [0.717, 1.165) is 18.7 Å². The second-order valence-corrected chi connectivity index (χ2v) is 4.98. The molecule has 4 heteroatoms. The molecule has 0 unspecified atom stereocenters. The molecule has 0 aliphatic rings. The third-order valence-corrected chi connectivity index (χ3v) is 3.59. The van der Waals surface area contributed by atoms with Crippen molar-refractivity contribution in [2.24, 2.45) is 0 Å². The lowest BCUT2D eigenvalue weighted by Gasteiger charge is -2.25. The Morgan fingerprint density at radius 1 is 1.25 bits per heavy atom. The fourth-order valence-electron chi connectivity index (χ4n) is 2.29. The minimum Gasteiger partial charge on any atom is -0.494 e. The van der Waals surface area contributed by atoms with E-state index in [2.05, 4.69) is 25.8 Å². The van der Waals surface area contributed by atoms with Crippen LogP contribution in [0, 0.1) is 0 Å². The largest absolute Gasteiger partial charge is 0.494 e. The van der Waals surface area contributed by atoms with E-state index in [1.807, 2.05) is 0 Å². The Bertz CT molecular complexity index is 399. The van der Waals surface area contributed by atoms with Crippen LogP contribution in [0.4, 0.5) is 0 Å². The monoisotopic (exact) mass is 279 g/mol. The molecule has 0 fully saturated rings. The van der Waals surface area contributed by atoms with Gasteiger partial charge in [0.05, 0.1) is 12.2 Å². The van der Waals surface area contributed by atoms with Crippen LogP contribution in [0.15, 0.2) is 24.3 Å². The predicted molar refractivity (Wildman–Crippen MR) is 80.5 cm³/mol. The summed E-state index contributed by atoms with van der Waals surface area (Å²) in [7, 11) is 2.15. The van der Waals surface area contributed by atoms with Crippen molar-refractivity contribution < 1.29 is 14.6 Å². The molecule has 0 spiro atoms. The van der Waals surface area contributed by atoms with Gasteiger partial charge in [0, 0.05) is 12.6 Å². The first-order valence-corrected chi connectivity index (χ1v) is 7.24. The summed E-state index contributed by atoms with van der Waals surface area (Å²) in [5.74, 6) is -0.191. The van der Waals surface area contributed by atoms with Crippen LogP contribution in [-0.2, 0) is 0 Å². The fourth-order valence-corrected chi connectivity index (χ4v) is 2.29. The number of rotatable bonds is 9. The normalized spacial score (nSPS) is 11.1. The van der Waals surface area contributed by atoms with Crippen LogP contribution in [0.3, 0.4) is 0 Å². The highest BCUT2D eigenvalue weighted by Gasteiger charge is 2.09. The summed E-state index contributed by atoms with van der Waals surface area (Å²) >= 11 is 0. The van der Waals surface area contributed by atoms with Crippen molar-refractivity contribution >= 4 is 5.97 Å². The molecular formula is C16H25NO3. The third-order valence-electron chi connectivity index (χ3n) is 3.59. The Morgan fingerprint density at radius 2 is 1.85 bits per heavy atom. The Kier molecular flexibility index (Phi) is 7.09. The zero-order valence-electron chi connectivity index (χ0n) is 12.6. The van der Waals surface area contributed by atoms with Crippen LogP contribution in [-0.4, -0.2) is 42.2 Å². The second-order valence-electron chi connectivity index (χ2n) is 4.98. The van der Waals surface area contributed by atoms with Crippen molar-refractivity contribution in [1.82, 2.24) is 4.90 Å². The van der Waals surface area contributed by atoms with Crippen LogP contribution in [0.25, 0.3) is 0 Å². The topological polar surface area (TPSA) is 49.8 Å². The highest BCUT2D eigenvalue weighted by atomic mass is 16.5. The summed E-state index contributed by atoms with van der Waals surface area (Å²) in [4.78, 5) is 13.1. The van der Waals surface area contributed by atoms with Crippen LogP contribution in [0.1, 0.15) is 43.5 Å². The summed E-state index contributed by atoms with van der Waals surface area (Å²) in [6.45, 7) is 6.09. The molecule has 1 aromatic rings. The molecule has 0 aliphatic heterocycles. The minimum absolute atomic E-state index is 0.283. The summed E-state index contributed by atoms with van der Waals surface area (Å²) in [6.07, 6.45) is 3.31. The zero-order valence-corrected chi connectivity index (χ0v) is 12.6. The highest BCUT2D eigenvalue weighted by molar-refractivity contribution is 5.87. The summed E-state index contributed by atoms with van der Waals surface area (Å²) in [6, 6.07) is 7.18. The third kappa shape index (κ3) is 5.21. The van der Waals surface area contributed by atoms with Crippen LogP contribution in [0.2, 0.25) is 0 Å². The van der Waals surface area contributed by atoms with E-state index in [1.54, 1.807) is 24.3 Å². The number of hydrogen-bond acceptors (Lipinski definition) is 3. The number of carbonyl (C=O) groups is 1. The van der Waals surface area contributed by atoms with E-state index in [9.17, 15) is 4.79 Å². The minimum atomic E-state index is -0.914. The van der Waals surface area contributed by atoms with Crippen molar-refractivity contribution in [3.8, 4) is 5.75 Å². The lowest BCUT2D eigenvalue weighted by Crippen LogP contribution is -2.32. The molecular weight excluding hydrogens is 254 g/mol. The van der Waals surface area contributed by atoms with Crippen molar-refractivity contribution in [3.63, 3.8) is 0 Å². The molecule has 0 aromatic heterocycles. The summed E-state index contributed by atoms with van der Waals surface area (Å²) < 4.78 is 5.62. The van der Waals surface area contributed by atoms with E-state index in [1.165, 1.54) is 12.8 Å². The quantitative estimate of drug-likeness (QED) is 0.705. The number of aromatic carboxylic acids is 1. The molecule has 0 saturated heterocycles. The molecule has 112 valence electrons. The first-order valence-electron chi connectivity index (χ1n) is 7.24. The van der Waals surface area contributed by atoms with Crippen molar-refractivity contribution in [2.45, 2.75) is 39.2 Å². The Labute approximate surface area is 121 Å². The maximum absolute atomic E-state index is 10.7. The number of ether oxygens (including phenoxy) is 1. The van der Waals surface area contributed by atoms with E-state index >= 15 is 0 Å². The second kappa shape index (κ2) is 8.59. The molecule has 1 rings (SSSR count). The standard InChI is InChI=1S/C16H25NO3/c1-4-14(5-2)17(3)11-6-12-20-15-9-7-13(8-10-15)16(18)19/h7-10,14H,4-6,11-12H2,1-3H3,(H,18,19). The van der Waals surface area contributed by atoms with E-state index in [-0.39, 0.29) is 5.56 Å². The highest BCUT2D eigenvalue weighted by Crippen LogP contribution is 2.13. The number of carboxylic acid groups (broad SMARTS) is 1. The molecule has 0 saturated carbocycles. The number of carboxylic acids is 1. The van der Waals surface area contributed by atoms with E-state index in [0.29, 0.717) is 12.6 Å². The van der Waals surface area contributed by atoms with Gasteiger partial charge in [-0.1, -0.05) is 13.8 Å². The van der Waals surface area contributed by atoms with Gasteiger partial charge < -0.3 is 14.7 Å². The van der Waals surface area contributed by atoms with Gasteiger partial charge in [0.2, 0.25) is 0 Å². The van der Waals surface area contributed by atoms with Crippen molar-refractivity contribution in [3.05, 3.63) is 29.8 Å². The van der Waals surface area contributed by atoms with Gasteiger partial charge in [0.25, 0.3) is 0 Å². The Balaban J connectivity index is 2.29. The summed E-state index contributed by atoms with van der Waals surface area (Å²) in [5.41, 5.74) is 0.283. The molecule has 0 aliphatic carbocycles. The maximum atomic E-state index is 10.7. The SMILES string of the molecule is CCC(CC)N(C)CCCOc1ccc(C(=O)O)cc1. The van der Waals surface area contributed by atoms with Gasteiger partial charge in [-0.15, -0.1) is 0 Å².